The molecule has 5 heteroatoms. The number of hydrogen-bond acceptors (Lipinski definition) is 4. The highest BCUT2D eigenvalue weighted by Gasteiger charge is 2.30. The SMILES string of the molecule is COCCOCCCC(CO)(CO)c1cccc(Cl)c1. The molecule has 1 aromatic carbocycles. The molecule has 0 aliphatic carbocycles. The van der Waals surface area contributed by atoms with Crippen LogP contribution in [0.3, 0.4) is 0 Å². The highest BCUT2D eigenvalue weighted by atomic mass is 35.5. The van der Waals surface area contributed by atoms with E-state index in [9.17, 15) is 10.2 Å². The molecule has 4 nitrogen and oxygen atoms in total. The highest BCUT2D eigenvalue weighted by Crippen LogP contribution is 2.30. The molecule has 114 valence electrons. The third kappa shape index (κ3) is 5.04. The molecule has 2 N–H and O–H groups in total. The van der Waals surface area contributed by atoms with Crippen molar-refractivity contribution in [2.45, 2.75) is 18.3 Å². The molecule has 0 amide bonds. The van der Waals surface area contributed by atoms with Crippen molar-refractivity contribution in [3.05, 3.63) is 34.9 Å². The molecule has 0 fully saturated rings. The van der Waals surface area contributed by atoms with Crippen molar-refractivity contribution in [1.82, 2.24) is 0 Å². The summed E-state index contributed by atoms with van der Waals surface area (Å²) >= 11 is 5.98. The van der Waals surface area contributed by atoms with E-state index in [-0.39, 0.29) is 13.2 Å². The highest BCUT2D eigenvalue weighted by molar-refractivity contribution is 6.30. The van der Waals surface area contributed by atoms with Gasteiger partial charge in [-0.1, -0.05) is 23.7 Å². The Labute approximate surface area is 125 Å². The van der Waals surface area contributed by atoms with Gasteiger partial charge in [0.1, 0.15) is 0 Å². The Morgan fingerprint density at radius 1 is 1.15 bits per heavy atom. The van der Waals surface area contributed by atoms with E-state index in [0.717, 1.165) is 12.0 Å². The van der Waals surface area contributed by atoms with Crippen LogP contribution in [-0.4, -0.2) is 50.4 Å². The molecule has 0 heterocycles. The fourth-order valence-corrected chi connectivity index (χ4v) is 2.30. The van der Waals surface area contributed by atoms with E-state index >= 15 is 0 Å². The van der Waals surface area contributed by atoms with Crippen molar-refractivity contribution >= 4 is 11.6 Å². The average Bonchev–Trinajstić information content (AvgIpc) is 2.47. The molecule has 0 aliphatic heterocycles. The van der Waals surface area contributed by atoms with E-state index in [1.54, 1.807) is 19.2 Å². The minimum Gasteiger partial charge on any atom is -0.395 e. The van der Waals surface area contributed by atoms with Crippen LogP contribution in [0.1, 0.15) is 18.4 Å². The third-order valence-corrected chi connectivity index (χ3v) is 3.65. The molecule has 0 saturated carbocycles. The fraction of sp³-hybridized carbons (Fsp3) is 0.600. The van der Waals surface area contributed by atoms with Gasteiger partial charge in [0, 0.05) is 24.2 Å². The molecule has 20 heavy (non-hydrogen) atoms. The van der Waals surface area contributed by atoms with Gasteiger partial charge in [-0.05, 0) is 30.5 Å². The van der Waals surface area contributed by atoms with Crippen LogP contribution in [-0.2, 0) is 14.9 Å². The lowest BCUT2D eigenvalue weighted by Gasteiger charge is -2.30. The molecule has 0 bridgehead atoms. The van der Waals surface area contributed by atoms with Crippen LogP contribution in [0, 0.1) is 0 Å². The lowest BCUT2D eigenvalue weighted by Crippen LogP contribution is -2.35. The van der Waals surface area contributed by atoms with E-state index in [1.807, 2.05) is 12.1 Å². The summed E-state index contributed by atoms with van der Waals surface area (Å²) in [6, 6.07) is 7.27. The summed E-state index contributed by atoms with van der Waals surface area (Å²) in [6.45, 7) is 1.45. The Balaban J connectivity index is 2.58. The molecular weight excluding hydrogens is 280 g/mol. The Hall–Kier alpha value is -0.650. The maximum Gasteiger partial charge on any atom is 0.0700 e. The second-order valence-electron chi connectivity index (χ2n) is 4.82. The Morgan fingerprint density at radius 3 is 2.50 bits per heavy atom. The van der Waals surface area contributed by atoms with Crippen molar-refractivity contribution in [2.24, 2.45) is 0 Å². The van der Waals surface area contributed by atoms with Gasteiger partial charge in [-0.25, -0.2) is 0 Å². The van der Waals surface area contributed by atoms with Crippen LogP contribution in [0.4, 0.5) is 0 Å². The van der Waals surface area contributed by atoms with Crippen molar-refractivity contribution in [3.8, 4) is 0 Å². The summed E-state index contributed by atoms with van der Waals surface area (Å²) in [5, 5.41) is 20.0. The Bertz CT molecular complexity index is 380. The molecule has 1 rings (SSSR count). The molecule has 0 radical (unpaired) electrons. The number of rotatable bonds is 10. The quantitative estimate of drug-likeness (QED) is 0.649. The number of methoxy groups -OCH3 is 1. The van der Waals surface area contributed by atoms with Crippen LogP contribution >= 0.6 is 11.6 Å². The van der Waals surface area contributed by atoms with Crippen LogP contribution in [0.2, 0.25) is 5.02 Å². The van der Waals surface area contributed by atoms with Gasteiger partial charge in [-0.3, -0.25) is 0 Å². The number of halogens is 1. The molecule has 0 saturated heterocycles. The predicted molar refractivity (Wildman–Crippen MR) is 79.2 cm³/mol. The van der Waals surface area contributed by atoms with E-state index < -0.39 is 5.41 Å². The summed E-state index contributed by atoms with van der Waals surface area (Å²) in [6.07, 6.45) is 1.38. The van der Waals surface area contributed by atoms with Crippen molar-refractivity contribution in [2.75, 3.05) is 40.1 Å². The largest absolute Gasteiger partial charge is 0.395 e. The number of aliphatic hydroxyl groups excluding tert-OH is 2. The van der Waals surface area contributed by atoms with E-state index in [0.29, 0.717) is 31.3 Å². The lowest BCUT2D eigenvalue weighted by molar-refractivity contribution is 0.0571. The van der Waals surface area contributed by atoms with Gasteiger partial charge in [0.15, 0.2) is 0 Å². The molecule has 0 unspecified atom stereocenters. The second-order valence-corrected chi connectivity index (χ2v) is 5.25. The standard InChI is InChI=1S/C15H23ClO4/c1-19-8-9-20-7-3-6-15(11-17,12-18)13-4-2-5-14(16)10-13/h2,4-5,10,17-18H,3,6-9,11-12H2,1H3. The van der Waals surface area contributed by atoms with E-state index in [2.05, 4.69) is 0 Å². The summed E-state index contributed by atoms with van der Waals surface area (Å²) in [5.41, 5.74) is 0.182. The molecule has 0 aliphatic rings. The third-order valence-electron chi connectivity index (χ3n) is 3.42. The Kier molecular flexibility index (Phi) is 8.11. The summed E-state index contributed by atoms with van der Waals surface area (Å²) < 4.78 is 10.3. The van der Waals surface area contributed by atoms with Gasteiger partial charge >= 0.3 is 0 Å². The first kappa shape index (κ1) is 17.4. The topological polar surface area (TPSA) is 58.9 Å². The first-order chi connectivity index (χ1) is 9.68. The number of benzene rings is 1. The van der Waals surface area contributed by atoms with Crippen LogP contribution in [0.15, 0.2) is 24.3 Å². The molecule has 0 aromatic heterocycles. The maximum atomic E-state index is 9.70. The van der Waals surface area contributed by atoms with E-state index in [4.69, 9.17) is 21.1 Å². The molecule has 0 spiro atoms. The van der Waals surface area contributed by atoms with Gasteiger partial charge in [-0.15, -0.1) is 0 Å². The zero-order valence-corrected chi connectivity index (χ0v) is 12.6. The zero-order chi connectivity index (χ0) is 14.8. The summed E-state index contributed by atoms with van der Waals surface area (Å²) in [7, 11) is 1.63. The minimum absolute atomic E-state index is 0.123. The van der Waals surface area contributed by atoms with Crippen molar-refractivity contribution in [1.29, 1.82) is 0 Å². The minimum atomic E-state index is -0.671. The molecule has 0 atom stereocenters. The first-order valence-corrected chi connectivity index (χ1v) is 7.11. The maximum absolute atomic E-state index is 9.70. The van der Waals surface area contributed by atoms with Crippen LogP contribution in [0.5, 0.6) is 0 Å². The number of ether oxygens (including phenoxy) is 2. The molecule has 1 aromatic rings. The normalized spacial score (nSPS) is 11.8. The van der Waals surface area contributed by atoms with E-state index in [1.165, 1.54) is 0 Å². The lowest BCUT2D eigenvalue weighted by atomic mass is 9.78. The molecular formula is C15H23ClO4. The predicted octanol–water partition coefficient (Wildman–Crippen LogP) is 2.01. The van der Waals surface area contributed by atoms with Crippen molar-refractivity contribution in [3.63, 3.8) is 0 Å². The Morgan fingerprint density at radius 2 is 1.90 bits per heavy atom. The van der Waals surface area contributed by atoms with Gasteiger partial charge in [0.2, 0.25) is 0 Å². The van der Waals surface area contributed by atoms with Gasteiger partial charge in [0.25, 0.3) is 0 Å². The van der Waals surface area contributed by atoms with Crippen molar-refractivity contribution < 1.29 is 19.7 Å². The van der Waals surface area contributed by atoms with Crippen LogP contribution in [0.25, 0.3) is 0 Å². The average molecular weight is 303 g/mol. The van der Waals surface area contributed by atoms with Gasteiger partial charge < -0.3 is 19.7 Å². The van der Waals surface area contributed by atoms with Crippen LogP contribution < -0.4 is 0 Å². The fourth-order valence-electron chi connectivity index (χ4n) is 2.11. The monoisotopic (exact) mass is 302 g/mol. The number of hydrogen-bond donors (Lipinski definition) is 2. The van der Waals surface area contributed by atoms with Gasteiger partial charge in [-0.2, -0.15) is 0 Å². The smallest absolute Gasteiger partial charge is 0.0700 e. The summed E-state index contributed by atoms with van der Waals surface area (Å²) in [5.74, 6) is 0. The second kappa shape index (κ2) is 9.32. The first-order valence-electron chi connectivity index (χ1n) is 6.73. The zero-order valence-electron chi connectivity index (χ0n) is 11.8. The van der Waals surface area contributed by atoms with Gasteiger partial charge in [0.05, 0.1) is 26.4 Å². The summed E-state index contributed by atoms with van der Waals surface area (Å²) in [4.78, 5) is 0. The number of aliphatic hydroxyl groups is 2.